The lowest BCUT2D eigenvalue weighted by Crippen LogP contribution is -2.23. The molecule has 1 rings (SSSR count). The monoisotopic (exact) mass is 344 g/mol. The Kier molecular flexibility index (Phi) is 8.77. The van der Waals surface area contributed by atoms with E-state index in [-0.39, 0.29) is 29.0 Å². The lowest BCUT2D eigenvalue weighted by molar-refractivity contribution is -0.123. The Morgan fingerprint density at radius 1 is 1.08 bits per heavy atom. The number of hydrogen-bond donors (Lipinski definition) is 0. The highest BCUT2D eigenvalue weighted by Gasteiger charge is 2.20. The molecule has 138 valence electrons. The summed E-state index contributed by atoms with van der Waals surface area (Å²) in [5, 5.41) is 0. The summed E-state index contributed by atoms with van der Waals surface area (Å²) in [6.45, 7) is 10.3. The maximum atomic E-state index is 12.6. The lowest BCUT2D eigenvalue weighted by atomic mass is 9.91. The van der Waals surface area contributed by atoms with E-state index in [2.05, 4.69) is 0 Å². The van der Waals surface area contributed by atoms with Crippen LogP contribution in [0.2, 0.25) is 0 Å². The fraction of sp³-hybridized carbons (Fsp3) is 0.545. The lowest BCUT2D eigenvalue weighted by Gasteiger charge is -2.21. The Hall–Kier alpha value is -1.74. The SMILES string of the molecule is CC(C)C(=O)CCC(CCOC(C)(C)C)C(=O)/C=C/c1ccccc1. The van der Waals surface area contributed by atoms with Crippen LogP contribution in [-0.2, 0) is 14.3 Å². The van der Waals surface area contributed by atoms with Crippen LogP contribution < -0.4 is 0 Å². The maximum Gasteiger partial charge on any atom is 0.158 e. The van der Waals surface area contributed by atoms with Gasteiger partial charge >= 0.3 is 0 Å². The summed E-state index contributed by atoms with van der Waals surface area (Å²) >= 11 is 0. The third-order valence-corrected chi connectivity index (χ3v) is 4.03. The average Bonchev–Trinajstić information content (AvgIpc) is 2.55. The Labute approximate surface area is 152 Å². The molecule has 25 heavy (non-hydrogen) atoms. The van der Waals surface area contributed by atoms with E-state index in [9.17, 15) is 9.59 Å². The first-order valence-electron chi connectivity index (χ1n) is 9.12. The number of allylic oxidation sites excluding steroid dienone is 1. The molecular formula is C22H32O3. The maximum absolute atomic E-state index is 12.6. The van der Waals surface area contributed by atoms with Crippen LogP contribution in [0.5, 0.6) is 0 Å². The minimum absolute atomic E-state index is 0.0152. The van der Waals surface area contributed by atoms with Crippen LogP contribution in [0.15, 0.2) is 36.4 Å². The average molecular weight is 344 g/mol. The summed E-state index contributed by atoms with van der Waals surface area (Å²) in [6, 6.07) is 9.76. The zero-order chi connectivity index (χ0) is 18.9. The first-order valence-corrected chi connectivity index (χ1v) is 9.12. The van der Waals surface area contributed by atoms with Gasteiger partial charge in [-0.05, 0) is 45.3 Å². The summed E-state index contributed by atoms with van der Waals surface area (Å²) in [5.74, 6) is 0.117. The molecule has 0 spiro atoms. The van der Waals surface area contributed by atoms with E-state index in [1.54, 1.807) is 6.08 Å². The zero-order valence-corrected chi connectivity index (χ0v) is 16.2. The summed E-state index contributed by atoms with van der Waals surface area (Å²) in [7, 11) is 0. The minimum Gasteiger partial charge on any atom is -0.376 e. The van der Waals surface area contributed by atoms with Crippen LogP contribution in [0.4, 0.5) is 0 Å². The molecule has 0 heterocycles. The molecule has 3 heteroatoms. The first kappa shape index (κ1) is 21.3. The second-order valence-corrected chi connectivity index (χ2v) is 7.75. The topological polar surface area (TPSA) is 43.4 Å². The summed E-state index contributed by atoms with van der Waals surface area (Å²) in [6.07, 6.45) is 5.15. The van der Waals surface area contributed by atoms with E-state index in [1.807, 2.05) is 71.0 Å². The van der Waals surface area contributed by atoms with Gasteiger partial charge in [-0.15, -0.1) is 0 Å². The van der Waals surface area contributed by atoms with E-state index in [0.29, 0.717) is 25.9 Å². The molecule has 0 saturated carbocycles. The molecule has 0 bridgehead atoms. The van der Waals surface area contributed by atoms with Crippen molar-refractivity contribution in [3.8, 4) is 0 Å². The van der Waals surface area contributed by atoms with Gasteiger partial charge < -0.3 is 4.74 Å². The number of ether oxygens (including phenoxy) is 1. The van der Waals surface area contributed by atoms with Gasteiger partial charge in [-0.2, -0.15) is 0 Å². The van der Waals surface area contributed by atoms with E-state index < -0.39 is 0 Å². The van der Waals surface area contributed by atoms with Gasteiger partial charge in [0.05, 0.1) is 5.60 Å². The van der Waals surface area contributed by atoms with Crippen LogP contribution in [0.3, 0.4) is 0 Å². The van der Waals surface area contributed by atoms with Gasteiger partial charge in [-0.25, -0.2) is 0 Å². The summed E-state index contributed by atoms with van der Waals surface area (Å²) < 4.78 is 5.77. The fourth-order valence-corrected chi connectivity index (χ4v) is 2.42. The predicted molar refractivity (Wildman–Crippen MR) is 103 cm³/mol. The molecule has 1 aromatic rings. The van der Waals surface area contributed by atoms with Crippen molar-refractivity contribution in [2.75, 3.05) is 6.61 Å². The molecule has 1 atom stereocenters. The standard InChI is InChI=1S/C22H32O3/c1-17(2)20(23)14-12-19(15-16-25-22(3,4)5)21(24)13-11-18-9-7-6-8-10-18/h6-11,13,17,19H,12,14-16H2,1-5H3/b13-11+. The van der Waals surface area contributed by atoms with Crippen molar-refractivity contribution in [3.05, 3.63) is 42.0 Å². The molecule has 1 unspecified atom stereocenters. The molecule has 0 amide bonds. The second-order valence-electron chi connectivity index (χ2n) is 7.75. The number of benzene rings is 1. The highest BCUT2D eigenvalue weighted by molar-refractivity contribution is 5.95. The molecular weight excluding hydrogens is 312 g/mol. The van der Waals surface area contributed by atoms with Crippen LogP contribution in [0.1, 0.15) is 59.4 Å². The summed E-state index contributed by atoms with van der Waals surface area (Å²) in [4.78, 5) is 24.5. The van der Waals surface area contributed by atoms with Crippen molar-refractivity contribution in [1.29, 1.82) is 0 Å². The van der Waals surface area contributed by atoms with Crippen molar-refractivity contribution >= 4 is 17.6 Å². The van der Waals surface area contributed by atoms with E-state index >= 15 is 0 Å². The number of hydrogen-bond acceptors (Lipinski definition) is 3. The molecule has 0 aliphatic heterocycles. The van der Waals surface area contributed by atoms with Gasteiger partial charge in [0, 0.05) is 24.9 Å². The fourth-order valence-electron chi connectivity index (χ4n) is 2.42. The Bertz CT molecular complexity index is 565. The largest absolute Gasteiger partial charge is 0.376 e. The normalized spacial score (nSPS) is 13.4. The molecule has 0 saturated heterocycles. The Balaban J connectivity index is 2.68. The molecule has 0 aromatic heterocycles. The number of carbonyl (C=O) groups is 2. The van der Waals surface area contributed by atoms with Crippen molar-refractivity contribution in [1.82, 2.24) is 0 Å². The Morgan fingerprint density at radius 3 is 2.28 bits per heavy atom. The van der Waals surface area contributed by atoms with Gasteiger partial charge in [0.25, 0.3) is 0 Å². The third-order valence-electron chi connectivity index (χ3n) is 4.03. The van der Waals surface area contributed by atoms with E-state index in [1.165, 1.54) is 0 Å². The molecule has 1 aromatic carbocycles. The van der Waals surface area contributed by atoms with Crippen LogP contribution in [0, 0.1) is 11.8 Å². The van der Waals surface area contributed by atoms with Crippen LogP contribution in [-0.4, -0.2) is 23.8 Å². The summed E-state index contributed by atoms with van der Waals surface area (Å²) in [5.41, 5.74) is 0.778. The highest BCUT2D eigenvalue weighted by atomic mass is 16.5. The van der Waals surface area contributed by atoms with Gasteiger partial charge in [0.1, 0.15) is 5.78 Å². The molecule has 0 aliphatic carbocycles. The molecule has 3 nitrogen and oxygen atoms in total. The molecule has 0 N–H and O–H groups in total. The van der Waals surface area contributed by atoms with E-state index in [4.69, 9.17) is 4.74 Å². The minimum atomic E-state index is -0.221. The van der Waals surface area contributed by atoms with Gasteiger partial charge in [0.2, 0.25) is 0 Å². The van der Waals surface area contributed by atoms with Gasteiger partial charge in [-0.1, -0.05) is 50.3 Å². The zero-order valence-electron chi connectivity index (χ0n) is 16.2. The number of ketones is 2. The van der Waals surface area contributed by atoms with Crippen molar-refractivity contribution < 1.29 is 14.3 Å². The van der Waals surface area contributed by atoms with Gasteiger partial charge in [0.15, 0.2) is 5.78 Å². The molecule has 0 aliphatic rings. The van der Waals surface area contributed by atoms with E-state index in [0.717, 1.165) is 5.56 Å². The van der Waals surface area contributed by atoms with Crippen molar-refractivity contribution in [3.63, 3.8) is 0 Å². The van der Waals surface area contributed by atoms with Gasteiger partial charge in [-0.3, -0.25) is 9.59 Å². The van der Waals surface area contributed by atoms with Crippen molar-refractivity contribution in [2.24, 2.45) is 11.8 Å². The Morgan fingerprint density at radius 2 is 1.72 bits per heavy atom. The first-order chi connectivity index (χ1) is 11.7. The highest BCUT2D eigenvalue weighted by Crippen LogP contribution is 2.18. The number of rotatable bonds is 10. The number of Topliss-reactive ketones (excluding diaryl/α,β-unsaturated/α-hetero) is 1. The van der Waals surface area contributed by atoms with Crippen LogP contribution in [0.25, 0.3) is 6.08 Å². The third kappa shape index (κ3) is 9.35. The molecule has 0 radical (unpaired) electrons. The second kappa shape index (κ2) is 10.3. The smallest absolute Gasteiger partial charge is 0.158 e. The number of carbonyl (C=O) groups excluding carboxylic acids is 2. The molecule has 0 fully saturated rings. The van der Waals surface area contributed by atoms with Crippen molar-refractivity contribution in [2.45, 2.75) is 59.5 Å². The quantitative estimate of drug-likeness (QED) is 0.555. The predicted octanol–water partition coefficient (Wildman–Crippen LogP) is 5.10. The van der Waals surface area contributed by atoms with Crippen LogP contribution >= 0.6 is 0 Å².